The van der Waals surface area contributed by atoms with E-state index >= 15 is 0 Å². The molecule has 0 aliphatic carbocycles. The van der Waals surface area contributed by atoms with Crippen molar-refractivity contribution in [1.29, 1.82) is 5.41 Å². The van der Waals surface area contributed by atoms with E-state index in [2.05, 4.69) is 18.7 Å². The van der Waals surface area contributed by atoms with Crippen molar-refractivity contribution in [3.63, 3.8) is 0 Å². The van der Waals surface area contributed by atoms with Crippen LogP contribution in [0.15, 0.2) is 24.3 Å². The van der Waals surface area contributed by atoms with Crippen LogP contribution in [0.1, 0.15) is 19.4 Å². The molecule has 0 amide bonds. The predicted octanol–water partition coefficient (Wildman–Crippen LogP) is 1.89. The van der Waals surface area contributed by atoms with Crippen LogP contribution in [-0.4, -0.2) is 37.0 Å². The standard InChI is InChI=1S/C14H23N3O/c1-3-17(4-2)9-10-18-13-7-5-12(6-8-13)11-14(15)16/h5-8H,3-4,9-11H2,1-2H3,(H3,15,16). The minimum Gasteiger partial charge on any atom is -0.492 e. The summed E-state index contributed by atoms with van der Waals surface area (Å²) >= 11 is 0. The summed E-state index contributed by atoms with van der Waals surface area (Å²) in [5.41, 5.74) is 6.39. The first-order chi connectivity index (χ1) is 8.65. The Kier molecular flexibility index (Phi) is 6.22. The van der Waals surface area contributed by atoms with E-state index in [1.165, 1.54) is 0 Å². The predicted molar refractivity (Wildman–Crippen MR) is 75.3 cm³/mol. The van der Waals surface area contributed by atoms with E-state index in [1.807, 2.05) is 24.3 Å². The van der Waals surface area contributed by atoms with Gasteiger partial charge in [-0.05, 0) is 30.8 Å². The molecule has 0 fully saturated rings. The second-order valence-corrected chi connectivity index (χ2v) is 4.22. The normalized spacial score (nSPS) is 10.6. The molecule has 1 aromatic rings. The molecule has 0 aromatic heterocycles. The van der Waals surface area contributed by atoms with E-state index < -0.39 is 0 Å². The Morgan fingerprint density at radius 1 is 1.22 bits per heavy atom. The van der Waals surface area contributed by atoms with Gasteiger partial charge in [0.25, 0.3) is 0 Å². The van der Waals surface area contributed by atoms with Gasteiger partial charge in [0.15, 0.2) is 0 Å². The van der Waals surface area contributed by atoms with Gasteiger partial charge in [-0.2, -0.15) is 0 Å². The second-order valence-electron chi connectivity index (χ2n) is 4.22. The highest BCUT2D eigenvalue weighted by Gasteiger charge is 2.00. The molecule has 0 atom stereocenters. The number of hydrogen-bond donors (Lipinski definition) is 2. The third-order valence-corrected chi connectivity index (χ3v) is 2.89. The Hall–Kier alpha value is -1.55. The zero-order valence-corrected chi connectivity index (χ0v) is 11.3. The third-order valence-electron chi connectivity index (χ3n) is 2.89. The van der Waals surface area contributed by atoms with Crippen molar-refractivity contribution in [2.75, 3.05) is 26.2 Å². The first kappa shape index (κ1) is 14.5. The highest BCUT2D eigenvalue weighted by atomic mass is 16.5. The first-order valence-electron chi connectivity index (χ1n) is 6.42. The topological polar surface area (TPSA) is 62.3 Å². The van der Waals surface area contributed by atoms with Crippen molar-refractivity contribution >= 4 is 5.84 Å². The summed E-state index contributed by atoms with van der Waals surface area (Å²) in [4.78, 5) is 2.32. The van der Waals surface area contributed by atoms with Gasteiger partial charge in [0.05, 0.1) is 5.84 Å². The molecule has 1 aromatic carbocycles. The molecule has 0 aliphatic rings. The number of likely N-dealkylation sites (N-methyl/N-ethyl adjacent to an activating group) is 1. The van der Waals surface area contributed by atoms with Crippen molar-refractivity contribution in [2.45, 2.75) is 20.3 Å². The van der Waals surface area contributed by atoms with Gasteiger partial charge >= 0.3 is 0 Å². The molecular weight excluding hydrogens is 226 g/mol. The molecule has 18 heavy (non-hydrogen) atoms. The van der Waals surface area contributed by atoms with Crippen LogP contribution in [0.3, 0.4) is 0 Å². The first-order valence-corrected chi connectivity index (χ1v) is 6.42. The number of nitrogens with zero attached hydrogens (tertiary/aromatic N) is 1. The molecule has 100 valence electrons. The second kappa shape index (κ2) is 7.71. The van der Waals surface area contributed by atoms with Crippen LogP contribution in [0.25, 0.3) is 0 Å². The number of amidine groups is 1. The van der Waals surface area contributed by atoms with Gasteiger partial charge in [0.2, 0.25) is 0 Å². The molecule has 0 spiro atoms. The maximum Gasteiger partial charge on any atom is 0.119 e. The summed E-state index contributed by atoms with van der Waals surface area (Å²) in [6, 6.07) is 7.77. The Morgan fingerprint density at radius 3 is 2.33 bits per heavy atom. The van der Waals surface area contributed by atoms with Gasteiger partial charge in [-0.1, -0.05) is 26.0 Å². The largest absolute Gasteiger partial charge is 0.492 e. The fraction of sp³-hybridized carbons (Fsp3) is 0.500. The molecule has 0 radical (unpaired) electrons. The molecule has 0 aliphatic heterocycles. The molecule has 0 bridgehead atoms. The minimum absolute atomic E-state index is 0.185. The zero-order valence-electron chi connectivity index (χ0n) is 11.3. The molecule has 1 rings (SSSR count). The van der Waals surface area contributed by atoms with Gasteiger partial charge in [0, 0.05) is 13.0 Å². The van der Waals surface area contributed by atoms with Gasteiger partial charge in [-0.3, -0.25) is 5.41 Å². The summed E-state index contributed by atoms with van der Waals surface area (Å²) in [6.45, 7) is 8.06. The highest BCUT2D eigenvalue weighted by Crippen LogP contribution is 2.12. The number of hydrogen-bond acceptors (Lipinski definition) is 3. The van der Waals surface area contributed by atoms with Crippen LogP contribution < -0.4 is 10.5 Å². The van der Waals surface area contributed by atoms with Crippen LogP contribution in [0.2, 0.25) is 0 Å². The maximum atomic E-state index is 7.23. The number of ether oxygens (including phenoxy) is 1. The van der Waals surface area contributed by atoms with Crippen molar-refractivity contribution in [2.24, 2.45) is 5.73 Å². The summed E-state index contributed by atoms with van der Waals surface area (Å²) in [7, 11) is 0. The van der Waals surface area contributed by atoms with Gasteiger partial charge in [0.1, 0.15) is 12.4 Å². The molecule has 0 saturated carbocycles. The van der Waals surface area contributed by atoms with Gasteiger partial charge in [-0.15, -0.1) is 0 Å². The van der Waals surface area contributed by atoms with E-state index in [4.69, 9.17) is 15.9 Å². The summed E-state index contributed by atoms with van der Waals surface area (Å²) in [6.07, 6.45) is 0.500. The van der Waals surface area contributed by atoms with E-state index in [-0.39, 0.29) is 5.84 Å². The van der Waals surface area contributed by atoms with Gasteiger partial charge < -0.3 is 15.4 Å². The lowest BCUT2D eigenvalue weighted by molar-refractivity contribution is 0.223. The maximum absolute atomic E-state index is 7.23. The molecule has 0 saturated heterocycles. The Balaban J connectivity index is 2.37. The lowest BCUT2D eigenvalue weighted by atomic mass is 10.1. The molecule has 0 unspecified atom stereocenters. The van der Waals surface area contributed by atoms with E-state index in [0.29, 0.717) is 13.0 Å². The molecular formula is C14H23N3O. The summed E-state index contributed by atoms with van der Waals surface area (Å²) in [5, 5.41) is 7.23. The summed E-state index contributed by atoms with van der Waals surface area (Å²) < 4.78 is 5.67. The fourth-order valence-electron chi connectivity index (χ4n) is 1.76. The number of nitrogens with two attached hydrogens (primary N) is 1. The number of rotatable bonds is 8. The highest BCUT2D eigenvalue weighted by molar-refractivity contribution is 5.79. The van der Waals surface area contributed by atoms with Crippen molar-refractivity contribution < 1.29 is 4.74 Å². The fourth-order valence-corrected chi connectivity index (χ4v) is 1.76. The Bertz CT molecular complexity index is 358. The third kappa shape index (κ3) is 5.19. The molecule has 4 heteroatoms. The number of benzene rings is 1. The zero-order chi connectivity index (χ0) is 13.4. The van der Waals surface area contributed by atoms with Crippen LogP contribution in [0.4, 0.5) is 0 Å². The molecule has 4 nitrogen and oxygen atoms in total. The lowest BCUT2D eigenvalue weighted by Gasteiger charge is -2.18. The van der Waals surface area contributed by atoms with Crippen LogP contribution in [0.5, 0.6) is 5.75 Å². The molecule has 3 N–H and O–H groups in total. The Morgan fingerprint density at radius 2 is 1.83 bits per heavy atom. The smallest absolute Gasteiger partial charge is 0.119 e. The van der Waals surface area contributed by atoms with Crippen molar-refractivity contribution in [3.8, 4) is 5.75 Å². The van der Waals surface area contributed by atoms with Crippen molar-refractivity contribution in [1.82, 2.24) is 4.90 Å². The average molecular weight is 249 g/mol. The SMILES string of the molecule is CCN(CC)CCOc1ccc(CC(=N)N)cc1. The van der Waals surface area contributed by atoms with Crippen molar-refractivity contribution in [3.05, 3.63) is 29.8 Å². The Labute approximate surface area is 109 Å². The summed E-state index contributed by atoms with van der Waals surface area (Å²) in [5.74, 6) is 1.06. The van der Waals surface area contributed by atoms with Crippen LogP contribution >= 0.6 is 0 Å². The lowest BCUT2D eigenvalue weighted by Crippen LogP contribution is -2.27. The average Bonchev–Trinajstić information content (AvgIpc) is 2.36. The molecule has 0 heterocycles. The van der Waals surface area contributed by atoms with Crippen LogP contribution in [-0.2, 0) is 6.42 Å². The minimum atomic E-state index is 0.185. The van der Waals surface area contributed by atoms with Gasteiger partial charge in [-0.25, -0.2) is 0 Å². The van der Waals surface area contributed by atoms with E-state index in [1.54, 1.807) is 0 Å². The van der Waals surface area contributed by atoms with E-state index in [0.717, 1.165) is 30.9 Å². The quantitative estimate of drug-likeness (QED) is 0.546. The van der Waals surface area contributed by atoms with Crippen LogP contribution in [0, 0.1) is 5.41 Å². The number of nitrogens with one attached hydrogen (secondary N) is 1. The van der Waals surface area contributed by atoms with E-state index in [9.17, 15) is 0 Å². The monoisotopic (exact) mass is 249 g/mol.